The molecule has 0 aliphatic carbocycles. The van der Waals surface area contributed by atoms with E-state index in [-0.39, 0.29) is 4.90 Å². The van der Waals surface area contributed by atoms with Gasteiger partial charge in [0.25, 0.3) is 0 Å². The standard InChI is InChI=1S/C36H44O3S2/c1-3-4-5-6-7-8-9-10-13-18-32-25-29-35(30-26-32)40(33-19-14-11-15-20-33,34-21-16-12-17-22-34)39-41(37,38)36-27-23-31(2)24-28-36/h11-12,14-17,19-30H,3-10,13,18H2,1-2H3. The van der Waals surface area contributed by atoms with Crippen LogP contribution in [0.4, 0.5) is 0 Å². The van der Waals surface area contributed by atoms with Crippen LogP contribution in [0.5, 0.6) is 0 Å². The second-order valence-corrected chi connectivity index (χ2v) is 15.2. The van der Waals surface area contributed by atoms with Gasteiger partial charge in [-0.3, -0.25) is 0 Å². The molecule has 0 bridgehead atoms. The third-order valence-electron chi connectivity index (χ3n) is 7.48. The highest BCUT2D eigenvalue weighted by Gasteiger charge is 2.38. The fourth-order valence-corrected chi connectivity index (χ4v) is 10.3. The number of hydrogen-bond acceptors (Lipinski definition) is 3. The molecule has 0 saturated heterocycles. The molecule has 0 aliphatic rings. The summed E-state index contributed by atoms with van der Waals surface area (Å²) in [5, 5.41) is 0. The molecule has 3 nitrogen and oxygen atoms in total. The predicted octanol–water partition coefficient (Wildman–Crippen LogP) is 10.7. The van der Waals surface area contributed by atoms with Crippen LogP contribution in [0.25, 0.3) is 0 Å². The van der Waals surface area contributed by atoms with Crippen molar-refractivity contribution in [3.63, 3.8) is 0 Å². The molecule has 0 saturated carbocycles. The van der Waals surface area contributed by atoms with Crippen LogP contribution < -0.4 is 0 Å². The molecule has 0 amide bonds. The van der Waals surface area contributed by atoms with Crippen molar-refractivity contribution < 1.29 is 12.0 Å². The maximum Gasteiger partial charge on any atom is 0.307 e. The van der Waals surface area contributed by atoms with Crippen molar-refractivity contribution in [3.05, 3.63) is 120 Å². The Morgan fingerprint density at radius 1 is 0.512 bits per heavy atom. The lowest BCUT2D eigenvalue weighted by Gasteiger charge is -2.39. The van der Waals surface area contributed by atoms with Crippen LogP contribution >= 0.6 is 10.3 Å². The molecule has 0 aromatic heterocycles. The molecule has 4 aromatic carbocycles. The maximum absolute atomic E-state index is 13.8. The van der Waals surface area contributed by atoms with Crippen molar-refractivity contribution in [2.75, 3.05) is 0 Å². The molecule has 0 heterocycles. The zero-order valence-electron chi connectivity index (χ0n) is 24.5. The van der Waals surface area contributed by atoms with Crippen molar-refractivity contribution in [2.24, 2.45) is 0 Å². The van der Waals surface area contributed by atoms with Crippen LogP contribution in [0.3, 0.4) is 0 Å². The molecule has 4 aromatic rings. The molecule has 0 spiro atoms. The molecule has 0 atom stereocenters. The lowest BCUT2D eigenvalue weighted by Crippen LogP contribution is -2.14. The Bertz CT molecular complexity index is 1380. The average molecular weight is 589 g/mol. The molecule has 0 N–H and O–H groups in total. The zero-order chi connectivity index (χ0) is 29.0. The van der Waals surface area contributed by atoms with Crippen LogP contribution in [-0.4, -0.2) is 8.42 Å². The van der Waals surface area contributed by atoms with E-state index >= 15 is 0 Å². The molecule has 0 unspecified atom stereocenters. The van der Waals surface area contributed by atoms with Crippen molar-refractivity contribution in [1.82, 2.24) is 0 Å². The number of hydrogen-bond donors (Lipinski definition) is 0. The molecule has 0 fully saturated rings. The maximum atomic E-state index is 13.8. The lowest BCUT2D eigenvalue weighted by molar-refractivity contribution is 0.508. The van der Waals surface area contributed by atoms with Gasteiger partial charge in [-0.25, -0.2) is 3.63 Å². The van der Waals surface area contributed by atoms with Crippen molar-refractivity contribution in [1.29, 1.82) is 0 Å². The van der Waals surface area contributed by atoms with E-state index in [4.69, 9.17) is 3.63 Å². The van der Waals surface area contributed by atoms with E-state index in [1.807, 2.05) is 67.6 Å². The SMILES string of the molecule is CCCCCCCCCCCc1ccc(S(OS(=O)(=O)c2ccc(C)cc2)(c2ccccc2)c2ccccc2)cc1. The van der Waals surface area contributed by atoms with Crippen molar-refractivity contribution in [2.45, 2.75) is 97.6 Å². The number of benzene rings is 4. The minimum absolute atomic E-state index is 0.161. The minimum Gasteiger partial charge on any atom is -0.203 e. The first-order valence-corrected chi connectivity index (χ1v) is 18.0. The second-order valence-electron chi connectivity index (χ2n) is 10.7. The normalized spacial score (nSPS) is 12.3. The van der Waals surface area contributed by atoms with E-state index in [9.17, 15) is 8.42 Å². The topological polar surface area (TPSA) is 43.4 Å². The molecular weight excluding hydrogens is 545 g/mol. The molecular formula is C36H44O3S2. The third-order valence-corrected chi connectivity index (χ3v) is 12.7. The molecule has 0 aliphatic heterocycles. The molecule has 5 heteroatoms. The average Bonchev–Trinajstić information content (AvgIpc) is 3.00. The summed E-state index contributed by atoms with van der Waals surface area (Å²) >= 11 is 0. The van der Waals surface area contributed by atoms with E-state index in [0.29, 0.717) is 0 Å². The number of unbranched alkanes of at least 4 members (excludes halogenated alkanes) is 8. The summed E-state index contributed by atoms with van der Waals surface area (Å²) in [5.74, 6) is 0. The monoisotopic (exact) mass is 588 g/mol. The summed E-state index contributed by atoms with van der Waals surface area (Å²) in [6, 6.07) is 34.9. The summed E-state index contributed by atoms with van der Waals surface area (Å²) < 4.78 is 34.2. The minimum atomic E-state index is -4.08. The first-order chi connectivity index (χ1) is 20.0. The van der Waals surface area contributed by atoms with Crippen LogP contribution in [0.2, 0.25) is 0 Å². The smallest absolute Gasteiger partial charge is 0.203 e. The van der Waals surface area contributed by atoms with Crippen molar-refractivity contribution >= 4 is 20.4 Å². The van der Waals surface area contributed by atoms with Gasteiger partial charge in [0.15, 0.2) is 0 Å². The Balaban J connectivity index is 1.60. The van der Waals surface area contributed by atoms with E-state index in [1.165, 1.54) is 63.4 Å². The first kappa shape index (κ1) is 31.1. The first-order valence-electron chi connectivity index (χ1n) is 15.0. The van der Waals surface area contributed by atoms with Gasteiger partial charge in [0.2, 0.25) is 0 Å². The summed E-state index contributed by atoms with van der Waals surface area (Å²) in [6.45, 7) is 4.20. The third kappa shape index (κ3) is 8.34. The largest absolute Gasteiger partial charge is 0.307 e. The Morgan fingerprint density at radius 3 is 1.46 bits per heavy atom. The lowest BCUT2D eigenvalue weighted by atomic mass is 10.0. The summed E-state index contributed by atoms with van der Waals surface area (Å²) in [4.78, 5) is 2.71. The van der Waals surface area contributed by atoms with Crippen LogP contribution in [0.1, 0.15) is 75.8 Å². The van der Waals surface area contributed by atoms with Gasteiger partial charge in [-0.15, -0.1) is 0 Å². The van der Waals surface area contributed by atoms with Crippen LogP contribution in [0, 0.1) is 6.92 Å². The Hall–Kier alpha value is -2.86. The summed E-state index contributed by atoms with van der Waals surface area (Å²) in [7, 11) is -6.68. The van der Waals surface area contributed by atoms with E-state index in [2.05, 4.69) is 31.2 Å². The molecule has 4 rings (SSSR count). The quantitative estimate of drug-likeness (QED) is 0.122. The number of rotatable bonds is 16. The second kappa shape index (κ2) is 15.4. The van der Waals surface area contributed by atoms with Gasteiger partial charge in [0, 0.05) is 14.7 Å². The predicted molar refractivity (Wildman–Crippen MR) is 172 cm³/mol. The van der Waals surface area contributed by atoms with Crippen LogP contribution in [0.15, 0.2) is 129 Å². The van der Waals surface area contributed by atoms with Gasteiger partial charge >= 0.3 is 10.1 Å². The highest BCUT2D eigenvalue weighted by atomic mass is 32.3. The summed E-state index contributed by atoms with van der Waals surface area (Å²) in [6.07, 6.45) is 12.8. The van der Waals surface area contributed by atoms with Crippen LogP contribution in [-0.2, 0) is 20.2 Å². The Morgan fingerprint density at radius 2 is 0.951 bits per heavy atom. The highest BCUT2D eigenvalue weighted by Crippen LogP contribution is 2.70. The summed E-state index contributed by atoms with van der Waals surface area (Å²) in [5.41, 5.74) is 2.27. The molecule has 218 valence electrons. The zero-order valence-corrected chi connectivity index (χ0v) is 26.1. The Kier molecular flexibility index (Phi) is 11.7. The van der Waals surface area contributed by atoms with Gasteiger partial charge in [-0.1, -0.05) is 125 Å². The van der Waals surface area contributed by atoms with Gasteiger partial charge in [-0.2, -0.15) is 8.42 Å². The van der Waals surface area contributed by atoms with E-state index < -0.39 is 20.4 Å². The van der Waals surface area contributed by atoms with E-state index in [0.717, 1.165) is 26.7 Å². The van der Waals surface area contributed by atoms with Gasteiger partial charge in [0.05, 0.1) is 4.90 Å². The fraction of sp³-hybridized carbons (Fsp3) is 0.333. The molecule has 0 radical (unpaired) electrons. The Labute approximate surface area is 249 Å². The van der Waals surface area contributed by atoms with Gasteiger partial charge in [-0.05, 0) is 84.2 Å². The fourth-order valence-electron chi connectivity index (χ4n) is 5.12. The van der Waals surface area contributed by atoms with Crippen molar-refractivity contribution in [3.8, 4) is 0 Å². The van der Waals surface area contributed by atoms with Gasteiger partial charge in [0.1, 0.15) is 0 Å². The van der Waals surface area contributed by atoms with E-state index in [1.54, 1.807) is 24.3 Å². The van der Waals surface area contributed by atoms with Gasteiger partial charge < -0.3 is 0 Å². The molecule has 41 heavy (non-hydrogen) atoms. The highest BCUT2D eigenvalue weighted by molar-refractivity contribution is 8.33. The number of aryl methyl sites for hydroxylation is 2.